The Morgan fingerprint density at radius 1 is 1.26 bits per heavy atom. The van der Waals surface area contributed by atoms with Crippen LogP contribution in [0, 0.1) is 0 Å². The van der Waals surface area contributed by atoms with Crippen LogP contribution in [0.3, 0.4) is 0 Å². The van der Waals surface area contributed by atoms with Crippen LogP contribution in [-0.2, 0) is 10.2 Å². The molecule has 2 rings (SSSR count). The number of carbonyl (C=O) groups is 1. The molecule has 1 aromatic heterocycles. The normalized spacial score (nSPS) is 14.4. The molecular formula is C17H18OS. The maximum Gasteiger partial charge on any atom is 0.131 e. The molecule has 2 heteroatoms. The Hall–Kier alpha value is -1.67. The molecule has 0 unspecified atom stereocenters. The van der Waals surface area contributed by atoms with Gasteiger partial charge in [0.2, 0.25) is 0 Å². The van der Waals surface area contributed by atoms with E-state index in [1.807, 2.05) is 18.2 Å². The summed E-state index contributed by atoms with van der Waals surface area (Å²) < 4.78 is 0. The van der Waals surface area contributed by atoms with E-state index in [4.69, 9.17) is 0 Å². The Balaban J connectivity index is 2.32. The van der Waals surface area contributed by atoms with Crippen molar-refractivity contribution in [3.8, 4) is 0 Å². The van der Waals surface area contributed by atoms with Gasteiger partial charge in [-0.25, -0.2) is 0 Å². The van der Waals surface area contributed by atoms with Gasteiger partial charge in [-0.15, -0.1) is 0 Å². The highest BCUT2D eigenvalue weighted by Gasteiger charge is 2.25. The van der Waals surface area contributed by atoms with Crippen LogP contribution in [0.2, 0.25) is 0 Å². The zero-order valence-electron chi connectivity index (χ0n) is 11.3. The average Bonchev–Trinajstić information content (AvgIpc) is 2.90. The molecule has 0 spiro atoms. The standard InChI is InChI=1S/C17H18OS/c1-14(18)12-17(2,16-6-4-3-5-7-16)10-8-15-9-11-19-13-15/h3-11,13H,12H2,1-2H3/b10-8+/t17-/m1/s1. The maximum atomic E-state index is 11.6. The number of carbonyl (C=O) groups excluding carboxylic acids is 1. The predicted octanol–water partition coefficient (Wildman–Crippen LogP) is 4.70. The summed E-state index contributed by atoms with van der Waals surface area (Å²) in [5, 5.41) is 4.17. The van der Waals surface area contributed by atoms with E-state index in [9.17, 15) is 4.79 Å². The molecule has 0 bridgehead atoms. The van der Waals surface area contributed by atoms with E-state index in [1.165, 1.54) is 11.1 Å². The van der Waals surface area contributed by atoms with E-state index >= 15 is 0 Å². The molecule has 0 aliphatic heterocycles. The smallest absolute Gasteiger partial charge is 0.131 e. The second-order valence-corrected chi connectivity index (χ2v) is 5.83. The van der Waals surface area contributed by atoms with Crippen LogP contribution in [0.5, 0.6) is 0 Å². The topological polar surface area (TPSA) is 17.1 Å². The van der Waals surface area contributed by atoms with Crippen molar-refractivity contribution in [2.24, 2.45) is 0 Å². The Bertz CT molecular complexity index is 554. The second-order valence-electron chi connectivity index (χ2n) is 5.05. The summed E-state index contributed by atoms with van der Waals surface area (Å²) in [6.07, 6.45) is 4.77. The van der Waals surface area contributed by atoms with Gasteiger partial charge < -0.3 is 0 Å². The highest BCUT2D eigenvalue weighted by molar-refractivity contribution is 7.08. The van der Waals surface area contributed by atoms with Crippen LogP contribution < -0.4 is 0 Å². The molecule has 0 aliphatic rings. The molecule has 0 radical (unpaired) electrons. The van der Waals surface area contributed by atoms with Crippen molar-refractivity contribution in [2.45, 2.75) is 25.7 Å². The Kier molecular flexibility index (Phi) is 4.33. The van der Waals surface area contributed by atoms with E-state index in [0.717, 1.165) is 0 Å². The first kappa shape index (κ1) is 13.8. The minimum Gasteiger partial charge on any atom is -0.300 e. The molecule has 19 heavy (non-hydrogen) atoms. The summed E-state index contributed by atoms with van der Waals surface area (Å²) in [5.41, 5.74) is 2.13. The third-order valence-electron chi connectivity index (χ3n) is 3.24. The Morgan fingerprint density at radius 2 is 2.00 bits per heavy atom. The van der Waals surface area contributed by atoms with Crippen molar-refractivity contribution < 1.29 is 4.79 Å². The minimum absolute atomic E-state index is 0.210. The SMILES string of the molecule is CC(=O)C[C@@](C)(/C=C/c1ccsc1)c1ccccc1. The summed E-state index contributed by atoms with van der Waals surface area (Å²) in [5.74, 6) is 0.210. The van der Waals surface area contributed by atoms with Crippen LogP contribution in [-0.4, -0.2) is 5.78 Å². The molecule has 2 aromatic rings. The number of benzene rings is 1. The molecule has 0 N–H and O–H groups in total. The largest absolute Gasteiger partial charge is 0.300 e. The van der Waals surface area contributed by atoms with Gasteiger partial charge in [-0.3, -0.25) is 4.79 Å². The first-order valence-electron chi connectivity index (χ1n) is 6.36. The summed E-state index contributed by atoms with van der Waals surface area (Å²) in [7, 11) is 0. The summed E-state index contributed by atoms with van der Waals surface area (Å²) in [6.45, 7) is 3.77. The highest BCUT2D eigenvalue weighted by atomic mass is 32.1. The van der Waals surface area contributed by atoms with Crippen molar-refractivity contribution >= 4 is 23.2 Å². The first-order valence-corrected chi connectivity index (χ1v) is 7.31. The van der Waals surface area contributed by atoms with Gasteiger partial charge in [-0.2, -0.15) is 11.3 Å². The highest BCUT2D eigenvalue weighted by Crippen LogP contribution is 2.30. The van der Waals surface area contributed by atoms with Crippen LogP contribution in [0.15, 0.2) is 53.2 Å². The van der Waals surface area contributed by atoms with Gasteiger partial charge in [0.25, 0.3) is 0 Å². The number of rotatable bonds is 5. The van der Waals surface area contributed by atoms with Crippen molar-refractivity contribution in [1.29, 1.82) is 0 Å². The second kappa shape index (κ2) is 5.98. The van der Waals surface area contributed by atoms with Gasteiger partial charge in [0.05, 0.1) is 0 Å². The predicted molar refractivity (Wildman–Crippen MR) is 82.4 cm³/mol. The minimum atomic E-state index is -0.241. The lowest BCUT2D eigenvalue weighted by Crippen LogP contribution is -2.22. The summed E-state index contributed by atoms with van der Waals surface area (Å²) >= 11 is 1.68. The molecule has 1 aromatic carbocycles. The summed E-state index contributed by atoms with van der Waals surface area (Å²) in [6, 6.07) is 12.3. The number of thiophene rings is 1. The van der Waals surface area contributed by atoms with Crippen molar-refractivity contribution in [2.75, 3.05) is 0 Å². The van der Waals surface area contributed by atoms with Gasteiger partial charge >= 0.3 is 0 Å². The number of hydrogen-bond acceptors (Lipinski definition) is 2. The number of ketones is 1. The van der Waals surface area contributed by atoms with Crippen LogP contribution in [0.1, 0.15) is 31.4 Å². The van der Waals surface area contributed by atoms with Gasteiger partial charge in [-0.05, 0) is 34.9 Å². The van der Waals surface area contributed by atoms with E-state index in [0.29, 0.717) is 6.42 Å². The number of hydrogen-bond donors (Lipinski definition) is 0. The lowest BCUT2D eigenvalue weighted by atomic mass is 9.78. The van der Waals surface area contributed by atoms with Crippen LogP contribution in [0.25, 0.3) is 6.08 Å². The van der Waals surface area contributed by atoms with Crippen LogP contribution in [0.4, 0.5) is 0 Å². The zero-order valence-corrected chi connectivity index (χ0v) is 12.1. The molecule has 0 fully saturated rings. The monoisotopic (exact) mass is 270 g/mol. The third kappa shape index (κ3) is 3.65. The lowest BCUT2D eigenvalue weighted by molar-refractivity contribution is -0.117. The fourth-order valence-electron chi connectivity index (χ4n) is 2.24. The van der Waals surface area contributed by atoms with E-state index in [2.05, 4.69) is 48.0 Å². The van der Waals surface area contributed by atoms with Gasteiger partial charge in [0.1, 0.15) is 5.78 Å². The van der Waals surface area contributed by atoms with Crippen molar-refractivity contribution in [1.82, 2.24) is 0 Å². The fourth-order valence-corrected chi connectivity index (χ4v) is 2.87. The maximum absolute atomic E-state index is 11.6. The summed E-state index contributed by atoms with van der Waals surface area (Å²) in [4.78, 5) is 11.6. The Labute approximate surface area is 118 Å². The number of allylic oxidation sites excluding steroid dienone is 1. The number of Topliss-reactive ketones (excluding diaryl/α,β-unsaturated/α-hetero) is 1. The molecular weight excluding hydrogens is 252 g/mol. The first-order chi connectivity index (χ1) is 9.10. The molecule has 0 saturated carbocycles. The fraction of sp³-hybridized carbons (Fsp3) is 0.235. The molecule has 1 atom stereocenters. The van der Waals surface area contributed by atoms with E-state index in [-0.39, 0.29) is 11.2 Å². The molecule has 1 nitrogen and oxygen atoms in total. The van der Waals surface area contributed by atoms with Gasteiger partial charge in [0, 0.05) is 11.8 Å². The van der Waals surface area contributed by atoms with Gasteiger partial charge in [-0.1, -0.05) is 49.4 Å². The van der Waals surface area contributed by atoms with Gasteiger partial charge in [0.15, 0.2) is 0 Å². The molecule has 98 valence electrons. The van der Waals surface area contributed by atoms with Crippen LogP contribution >= 0.6 is 11.3 Å². The average molecular weight is 270 g/mol. The zero-order chi connectivity index (χ0) is 13.7. The molecule has 0 aliphatic carbocycles. The van der Waals surface area contributed by atoms with E-state index < -0.39 is 0 Å². The molecule has 1 heterocycles. The quantitative estimate of drug-likeness (QED) is 0.769. The van der Waals surface area contributed by atoms with E-state index in [1.54, 1.807) is 18.3 Å². The molecule has 0 saturated heterocycles. The molecule has 0 amide bonds. The lowest BCUT2D eigenvalue weighted by Gasteiger charge is -2.25. The van der Waals surface area contributed by atoms with Crippen molar-refractivity contribution in [3.63, 3.8) is 0 Å². The van der Waals surface area contributed by atoms with Crippen molar-refractivity contribution in [3.05, 3.63) is 64.4 Å². The Morgan fingerprint density at radius 3 is 2.58 bits per heavy atom. The third-order valence-corrected chi connectivity index (χ3v) is 3.94.